The van der Waals surface area contributed by atoms with Crippen molar-refractivity contribution in [1.29, 1.82) is 0 Å². The number of aromatic carboxylic acids is 1. The molecule has 1 heterocycles. The number of ether oxygens (including phenoxy) is 1. The number of amides is 1. The summed E-state index contributed by atoms with van der Waals surface area (Å²) in [4.78, 5) is 25.8. The predicted molar refractivity (Wildman–Crippen MR) is 98.7 cm³/mol. The molecule has 0 radical (unpaired) electrons. The van der Waals surface area contributed by atoms with Gasteiger partial charge in [-0.15, -0.1) is 0 Å². The number of carboxylic acids is 1. The van der Waals surface area contributed by atoms with E-state index in [9.17, 15) is 14.7 Å². The number of carbonyl (C=O) groups excluding carboxylic acids is 1. The number of carbonyl (C=O) groups is 2. The van der Waals surface area contributed by atoms with Gasteiger partial charge >= 0.3 is 5.97 Å². The SMILES string of the molecule is COc1cccc2c1CCN(C(=O)CCc1ccccc1C(=O)O)CC2. The van der Waals surface area contributed by atoms with Crippen molar-refractivity contribution in [2.75, 3.05) is 20.2 Å². The van der Waals surface area contributed by atoms with Crippen molar-refractivity contribution in [2.24, 2.45) is 0 Å². The molecule has 3 rings (SSSR count). The van der Waals surface area contributed by atoms with E-state index in [0.717, 1.165) is 18.6 Å². The minimum Gasteiger partial charge on any atom is -0.496 e. The highest BCUT2D eigenvalue weighted by molar-refractivity contribution is 5.89. The fourth-order valence-electron chi connectivity index (χ4n) is 3.53. The third kappa shape index (κ3) is 3.87. The topological polar surface area (TPSA) is 66.8 Å². The highest BCUT2D eigenvalue weighted by Gasteiger charge is 2.21. The molecule has 5 heteroatoms. The summed E-state index contributed by atoms with van der Waals surface area (Å²) in [7, 11) is 1.67. The summed E-state index contributed by atoms with van der Waals surface area (Å²) in [5, 5.41) is 9.26. The van der Waals surface area contributed by atoms with Gasteiger partial charge in [-0.25, -0.2) is 4.79 Å². The van der Waals surface area contributed by atoms with Crippen LogP contribution < -0.4 is 4.74 Å². The van der Waals surface area contributed by atoms with E-state index in [1.807, 2.05) is 17.0 Å². The lowest BCUT2D eigenvalue weighted by Crippen LogP contribution is -2.33. The summed E-state index contributed by atoms with van der Waals surface area (Å²) in [6.07, 6.45) is 2.34. The molecule has 5 nitrogen and oxygen atoms in total. The second kappa shape index (κ2) is 8.04. The number of rotatable bonds is 5. The molecule has 1 aliphatic heterocycles. The quantitative estimate of drug-likeness (QED) is 0.897. The van der Waals surface area contributed by atoms with Crippen molar-refractivity contribution in [1.82, 2.24) is 4.90 Å². The van der Waals surface area contributed by atoms with Crippen molar-refractivity contribution in [2.45, 2.75) is 25.7 Å². The monoisotopic (exact) mass is 353 g/mol. The van der Waals surface area contributed by atoms with Gasteiger partial charge in [0.2, 0.25) is 5.91 Å². The van der Waals surface area contributed by atoms with Gasteiger partial charge in [-0.1, -0.05) is 30.3 Å². The van der Waals surface area contributed by atoms with Gasteiger partial charge in [0.25, 0.3) is 0 Å². The molecule has 0 fully saturated rings. The van der Waals surface area contributed by atoms with E-state index in [1.54, 1.807) is 31.4 Å². The molecule has 2 aromatic rings. The maximum atomic E-state index is 12.7. The van der Waals surface area contributed by atoms with Crippen LogP contribution >= 0.6 is 0 Å². The smallest absolute Gasteiger partial charge is 0.335 e. The number of carboxylic acid groups (broad SMARTS) is 1. The van der Waals surface area contributed by atoms with Crippen LogP contribution in [0.5, 0.6) is 5.75 Å². The van der Waals surface area contributed by atoms with Crippen LogP contribution in [0.3, 0.4) is 0 Å². The zero-order valence-electron chi connectivity index (χ0n) is 14.9. The molecule has 0 aliphatic carbocycles. The maximum Gasteiger partial charge on any atom is 0.335 e. The fraction of sp³-hybridized carbons (Fsp3) is 0.333. The highest BCUT2D eigenvalue weighted by Crippen LogP contribution is 2.26. The Morgan fingerprint density at radius 2 is 1.85 bits per heavy atom. The second-order valence-electron chi connectivity index (χ2n) is 6.44. The molecule has 1 aliphatic rings. The van der Waals surface area contributed by atoms with Crippen molar-refractivity contribution in [3.05, 3.63) is 64.7 Å². The van der Waals surface area contributed by atoms with Gasteiger partial charge in [-0.05, 0) is 48.1 Å². The van der Waals surface area contributed by atoms with Crippen LogP contribution in [-0.4, -0.2) is 42.1 Å². The first kappa shape index (κ1) is 18.0. The Balaban J connectivity index is 1.64. The molecular formula is C21H23NO4. The predicted octanol–water partition coefficient (Wildman–Crippen LogP) is 2.95. The molecule has 26 heavy (non-hydrogen) atoms. The molecule has 0 aromatic heterocycles. The molecule has 1 N–H and O–H groups in total. The number of aryl methyl sites for hydroxylation is 1. The van der Waals surface area contributed by atoms with E-state index >= 15 is 0 Å². The highest BCUT2D eigenvalue weighted by atomic mass is 16.5. The minimum absolute atomic E-state index is 0.0666. The fourth-order valence-corrected chi connectivity index (χ4v) is 3.53. The lowest BCUT2D eigenvalue weighted by atomic mass is 10.0. The van der Waals surface area contributed by atoms with Crippen molar-refractivity contribution >= 4 is 11.9 Å². The van der Waals surface area contributed by atoms with Crippen molar-refractivity contribution in [3.63, 3.8) is 0 Å². The van der Waals surface area contributed by atoms with Crippen LogP contribution in [0.4, 0.5) is 0 Å². The van der Waals surface area contributed by atoms with Crippen LogP contribution in [0, 0.1) is 0 Å². The van der Waals surface area contributed by atoms with Gasteiger partial charge in [0, 0.05) is 19.5 Å². The summed E-state index contributed by atoms with van der Waals surface area (Å²) < 4.78 is 5.45. The standard InChI is InChI=1S/C21H23NO4/c1-26-19-8-4-6-16-11-13-22(14-12-17(16)19)20(23)10-9-15-5-2-3-7-18(15)21(24)25/h2-8H,9-14H2,1H3,(H,24,25). The van der Waals surface area contributed by atoms with E-state index in [0.29, 0.717) is 31.5 Å². The third-order valence-electron chi connectivity index (χ3n) is 4.94. The first-order valence-electron chi connectivity index (χ1n) is 8.84. The molecule has 0 spiro atoms. The minimum atomic E-state index is -0.953. The molecule has 2 aromatic carbocycles. The Bertz CT molecular complexity index is 815. The number of hydrogen-bond acceptors (Lipinski definition) is 3. The average molecular weight is 353 g/mol. The molecule has 0 saturated heterocycles. The Morgan fingerprint density at radius 1 is 1.08 bits per heavy atom. The van der Waals surface area contributed by atoms with E-state index in [-0.39, 0.29) is 11.5 Å². The molecule has 0 atom stereocenters. The zero-order chi connectivity index (χ0) is 18.5. The second-order valence-corrected chi connectivity index (χ2v) is 6.44. The molecule has 1 amide bonds. The van der Waals surface area contributed by atoms with Crippen LogP contribution in [0.25, 0.3) is 0 Å². The van der Waals surface area contributed by atoms with Gasteiger partial charge < -0.3 is 14.7 Å². The lowest BCUT2D eigenvalue weighted by Gasteiger charge is -2.20. The molecule has 0 bridgehead atoms. The lowest BCUT2D eigenvalue weighted by molar-refractivity contribution is -0.131. The number of methoxy groups -OCH3 is 1. The van der Waals surface area contributed by atoms with Crippen molar-refractivity contribution in [3.8, 4) is 5.75 Å². The van der Waals surface area contributed by atoms with Gasteiger partial charge in [0.1, 0.15) is 5.75 Å². The number of hydrogen-bond donors (Lipinski definition) is 1. The van der Waals surface area contributed by atoms with Gasteiger partial charge in [0.15, 0.2) is 0 Å². The summed E-state index contributed by atoms with van der Waals surface area (Å²) in [6, 6.07) is 12.9. The summed E-state index contributed by atoms with van der Waals surface area (Å²) in [5.74, 6) is -0.00508. The Morgan fingerprint density at radius 3 is 2.62 bits per heavy atom. The van der Waals surface area contributed by atoms with E-state index in [2.05, 4.69) is 6.07 Å². The largest absolute Gasteiger partial charge is 0.496 e. The Labute approximate surface area is 153 Å². The van der Waals surface area contributed by atoms with Crippen LogP contribution in [-0.2, 0) is 24.1 Å². The van der Waals surface area contributed by atoms with E-state index < -0.39 is 5.97 Å². The molecule has 0 saturated carbocycles. The maximum absolute atomic E-state index is 12.7. The summed E-state index contributed by atoms with van der Waals surface area (Å²) in [6.45, 7) is 1.34. The normalized spacial score (nSPS) is 13.7. The van der Waals surface area contributed by atoms with E-state index in [1.165, 1.54) is 11.1 Å². The van der Waals surface area contributed by atoms with Crippen LogP contribution in [0.1, 0.15) is 33.5 Å². The van der Waals surface area contributed by atoms with Crippen LogP contribution in [0.2, 0.25) is 0 Å². The van der Waals surface area contributed by atoms with Crippen LogP contribution in [0.15, 0.2) is 42.5 Å². The molecule has 136 valence electrons. The number of fused-ring (bicyclic) bond motifs is 1. The number of benzene rings is 2. The van der Waals surface area contributed by atoms with E-state index in [4.69, 9.17) is 4.74 Å². The van der Waals surface area contributed by atoms with Crippen molar-refractivity contribution < 1.29 is 19.4 Å². The third-order valence-corrected chi connectivity index (χ3v) is 4.94. The zero-order valence-corrected chi connectivity index (χ0v) is 14.9. The average Bonchev–Trinajstić information content (AvgIpc) is 2.89. The first-order chi connectivity index (χ1) is 12.6. The molecule has 0 unspecified atom stereocenters. The van der Waals surface area contributed by atoms with Gasteiger partial charge in [-0.2, -0.15) is 0 Å². The Hall–Kier alpha value is -2.82. The van der Waals surface area contributed by atoms with Gasteiger partial charge in [0.05, 0.1) is 12.7 Å². The first-order valence-corrected chi connectivity index (χ1v) is 8.84. The Kier molecular flexibility index (Phi) is 5.56. The molecular weight excluding hydrogens is 330 g/mol. The van der Waals surface area contributed by atoms with Gasteiger partial charge in [-0.3, -0.25) is 4.79 Å². The summed E-state index contributed by atoms with van der Waals surface area (Å²) >= 11 is 0. The summed E-state index contributed by atoms with van der Waals surface area (Å²) in [5.41, 5.74) is 3.39. The number of nitrogens with zero attached hydrogens (tertiary/aromatic N) is 1.